The molecule has 3 nitrogen and oxygen atoms in total. The number of fused-ring (bicyclic) bond motifs is 1. The first-order valence-corrected chi connectivity index (χ1v) is 6.02. The minimum atomic E-state index is -0.237. The molecule has 0 radical (unpaired) electrons. The highest BCUT2D eigenvalue weighted by atomic mass is 127. The van der Waals surface area contributed by atoms with Gasteiger partial charge in [0.05, 0.1) is 14.6 Å². The van der Waals surface area contributed by atoms with E-state index in [0.29, 0.717) is 9.52 Å². The molecule has 0 atom stereocenters. The van der Waals surface area contributed by atoms with E-state index >= 15 is 0 Å². The van der Waals surface area contributed by atoms with Crippen LogP contribution in [0.25, 0.3) is 11.0 Å². The fourth-order valence-electron chi connectivity index (χ4n) is 1.80. The number of aromatic nitrogens is 2. The van der Waals surface area contributed by atoms with Crippen molar-refractivity contribution < 1.29 is 4.39 Å². The van der Waals surface area contributed by atoms with Crippen LogP contribution in [-0.4, -0.2) is 9.55 Å². The third-order valence-electron chi connectivity index (χ3n) is 2.39. The molecule has 2 N–H and O–H groups in total. The van der Waals surface area contributed by atoms with Crippen LogP contribution in [-0.2, 0) is 5.54 Å². The Morgan fingerprint density at radius 1 is 1.38 bits per heavy atom. The van der Waals surface area contributed by atoms with Crippen LogP contribution in [0.5, 0.6) is 0 Å². The minimum absolute atomic E-state index is 0.210. The second kappa shape index (κ2) is 3.58. The smallest absolute Gasteiger partial charge is 0.201 e. The summed E-state index contributed by atoms with van der Waals surface area (Å²) in [6.07, 6.45) is 0. The van der Waals surface area contributed by atoms with E-state index in [4.69, 9.17) is 5.73 Å². The van der Waals surface area contributed by atoms with E-state index in [-0.39, 0.29) is 11.4 Å². The average molecular weight is 333 g/mol. The van der Waals surface area contributed by atoms with E-state index in [1.807, 2.05) is 47.9 Å². The molecule has 2 aromatic rings. The van der Waals surface area contributed by atoms with E-state index in [2.05, 4.69) is 4.98 Å². The van der Waals surface area contributed by atoms with Crippen molar-refractivity contribution in [3.8, 4) is 0 Å². The number of nitrogens with two attached hydrogens (primary N) is 1. The SMILES string of the molecule is CC(C)(C)n1c(N)nc2cc(I)c(F)cc21. The van der Waals surface area contributed by atoms with Crippen molar-refractivity contribution in [1.29, 1.82) is 0 Å². The number of nitrogens with zero attached hydrogens (tertiary/aromatic N) is 2. The van der Waals surface area contributed by atoms with E-state index in [1.54, 1.807) is 6.07 Å². The lowest BCUT2D eigenvalue weighted by Gasteiger charge is -2.23. The summed E-state index contributed by atoms with van der Waals surface area (Å²) in [5, 5.41) is 0. The number of benzene rings is 1. The molecule has 1 heterocycles. The summed E-state index contributed by atoms with van der Waals surface area (Å²) in [4.78, 5) is 4.25. The molecule has 0 unspecified atom stereocenters. The molecule has 0 saturated heterocycles. The molecule has 5 heteroatoms. The van der Waals surface area contributed by atoms with Gasteiger partial charge in [-0.05, 0) is 49.4 Å². The van der Waals surface area contributed by atoms with Crippen molar-refractivity contribution in [2.45, 2.75) is 26.3 Å². The molecule has 0 bridgehead atoms. The predicted molar refractivity (Wildman–Crippen MR) is 71.8 cm³/mol. The van der Waals surface area contributed by atoms with Gasteiger partial charge in [0.15, 0.2) is 0 Å². The largest absolute Gasteiger partial charge is 0.369 e. The van der Waals surface area contributed by atoms with Gasteiger partial charge in [-0.25, -0.2) is 9.37 Å². The molecular weight excluding hydrogens is 320 g/mol. The molecule has 0 aliphatic rings. The average Bonchev–Trinajstić information content (AvgIpc) is 2.40. The van der Waals surface area contributed by atoms with Gasteiger partial charge >= 0.3 is 0 Å². The lowest BCUT2D eigenvalue weighted by atomic mass is 10.1. The number of nitrogen functional groups attached to an aromatic ring is 1. The number of hydrogen-bond acceptors (Lipinski definition) is 2. The Morgan fingerprint density at radius 3 is 2.56 bits per heavy atom. The number of hydrogen-bond donors (Lipinski definition) is 1. The Bertz CT molecular complexity index is 554. The summed E-state index contributed by atoms with van der Waals surface area (Å²) < 4.78 is 15.9. The van der Waals surface area contributed by atoms with Crippen LogP contribution in [0, 0.1) is 9.39 Å². The van der Waals surface area contributed by atoms with Crippen molar-refractivity contribution in [2.75, 3.05) is 5.73 Å². The maximum atomic E-state index is 13.5. The third kappa shape index (κ3) is 1.77. The molecule has 2 rings (SSSR count). The monoisotopic (exact) mass is 333 g/mol. The summed E-state index contributed by atoms with van der Waals surface area (Å²) in [6.45, 7) is 6.04. The summed E-state index contributed by atoms with van der Waals surface area (Å²) in [5.41, 5.74) is 7.13. The van der Waals surface area contributed by atoms with E-state index < -0.39 is 0 Å². The van der Waals surface area contributed by atoms with Gasteiger partial charge in [0.2, 0.25) is 5.95 Å². The van der Waals surface area contributed by atoms with Crippen molar-refractivity contribution in [3.63, 3.8) is 0 Å². The van der Waals surface area contributed by atoms with Gasteiger partial charge in [-0.2, -0.15) is 0 Å². The second-order valence-corrected chi connectivity index (χ2v) is 5.89. The molecule has 0 aliphatic carbocycles. The van der Waals surface area contributed by atoms with Crippen LogP contribution in [0.2, 0.25) is 0 Å². The zero-order valence-electron chi connectivity index (χ0n) is 9.38. The fraction of sp³-hybridized carbons (Fsp3) is 0.364. The number of halogens is 2. The Kier molecular flexibility index (Phi) is 2.60. The first kappa shape index (κ1) is 11.6. The molecule has 1 aromatic heterocycles. The highest BCUT2D eigenvalue weighted by Gasteiger charge is 2.20. The first-order valence-electron chi connectivity index (χ1n) is 4.94. The molecule has 1 aromatic carbocycles. The van der Waals surface area contributed by atoms with Gasteiger partial charge in [0, 0.05) is 11.6 Å². The summed E-state index contributed by atoms with van der Waals surface area (Å²) in [6, 6.07) is 3.20. The lowest BCUT2D eigenvalue weighted by Crippen LogP contribution is -2.23. The number of imidazole rings is 1. The van der Waals surface area contributed by atoms with Gasteiger partial charge < -0.3 is 10.3 Å². The quantitative estimate of drug-likeness (QED) is 0.753. The zero-order valence-corrected chi connectivity index (χ0v) is 11.5. The fourth-order valence-corrected chi connectivity index (χ4v) is 2.25. The maximum absolute atomic E-state index is 13.5. The molecule has 16 heavy (non-hydrogen) atoms. The van der Waals surface area contributed by atoms with Gasteiger partial charge in [0.1, 0.15) is 5.82 Å². The number of anilines is 1. The van der Waals surface area contributed by atoms with Gasteiger partial charge in [-0.3, -0.25) is 0 Å². The lowest BCUT2D eigenvalue weighted by molar-refractivity contribution is 0.414. The highest BCUT2D eigenvalue weighted by Crippen LogP contribution is 2.28. The predicted octanol–water partition coefficient (Wildman–Crippen LogP) is 3.12. The van der Waals surface area contributed by atoms with Gasteiger partial charge in [-0.1, -0.05) is 0 Å². The molecule has 0 spiro atoms. The van der Waals surface area contributed by atoms with Crippen LogP contribution in [0.3, 0.4) is 0 Å². The molecular formula is C11H13FIN3. The van der Waals surface area contributed by atoms with Crippen LogP contribution >= 0.6 is 22.6 Å². The second-order valence-electron chi connectivity index (χ2n) is 4.73. The third-order valence-corrected chi connectivity index (χ3v) is 3.22. The van der Waals surface area contributed by atoms with E-state index in [9.17, 15) is 4.39 Å². The van der Waals surface area contributed by atoms with Crippen molar-refractivity contribution in [1.82, 2.24) is 9.55 Å². The number of rotatable bonds is 0. The van der Waals surface area contributed by atoms with Crippen LogP contribution < -0.4 is 5.73 Å². The normalized spacial score (nSPS) is 12.3. The zero-order chi connectivity index (χ0) is 12.1. The molecule has 86 valence electrons. The first-order chi connectivity index (χ1) is 7.30. The topological polar surface area (TPSA) is 43.8 Å². The molecule has 0 amide bonds. The highest BCUT2D eigenvalue weighted by molar-refractivity contribution is 14.1. The maximum Gasteiger partial charge on any atom is 0.201 e. The Hall–Kier alpha value is -0.850. The summed E-state index contributed by atoms with van der Waals surface area (Å²) >= 11 is 1.95. The molecule has 0 fully saturated rings. The van der Waals surface area contributed by atoms with Crippen molar-refractivity contribution in [3.05, 3.63) is 21.5 Å². The molecule has 0 saturated carbocycles. The van der Waals surface area contributed by atoms with Crippen molar-refractivity contribution >= 4 is 39.6 Å². The standard InChI is InChI=1S/C11H13FIN3/c1-11(2,3)16-9-4-6(12)7(13)5-8(9)15-10(16)14/h4-5H,1-3H3,(H2,14,15). The summed E-state index contributed by atoms with van der Waals surface area (Å²) in [5.74, 6) is 0.183. The van der Waals surface area contributed by atoms with E-state index in [1.165, 1.54) is 6.07 Å². The Balaban J connectivity index is 2.84. The molecule has 0 aliphatic heterocycles. The van der Waals surface area contributed by atoms with Crippen molar-refractivity contribution in [2.24, 2.45) is 0 Å². The summed E-state index contributed by atoms with van der Waals surface area (Å²) in [7, 11) is 0. The van der Waals surface area contributed by atoms with E-state index in [0.717, 1.165) is 11.0 Å². The van der Waals surface area contributed by atoms with Gasteiger partial charge in [-0.15, -0.1) is 0 Å². The Morgan fingerprint density at radius 2 is 2.00 bits per heavy atom. The van der Waals surface area contributed by atoms with Crippen LogP contribution in [0.1, 0.15) is 20.8 Å². The minimum Gasteiger partial charge on any atom is -0.369 e. The Labute approximate surface area is 107 Å². The van der Waals surface area contributed by atoms with Gasteiger partial charge in [0.25, 0.3) is 0 Å². The van der Waals surface area contributed by atoms with Crippen LogP contribution in [0.15, 0.2) is 12.1 Å². The van der Waals surface area contributed by atoms with Crippen LogP contribution in [0.4, 0.5) is 10.3 Å².